The fourth-order valence-electron chi connectivity index (χ4n) is 3.69. The van der Waals surface area contributed by atoms with Gasteiger partial charge in [0.2, 0.25) is 0 Å². The van der Waals surface area contributed by atoms with E-state index >= 15 is 0 Å². The largest absolute Gasteiger partial charge is 0.356 e. The summed E-state index contributed by atoms with van der Waals surface area (Å²) in [7, 11) is 0. The molecule has 1 aliphatic heterocycles. The first-order valence-corrected chi connectivity index (χ1v) is 9.75. The highest BCUT2D eigenvalue weighted by Crippen LogP contribution is 2.25. The van der Waals surface area contributed by atoms with E-state index < -0.39 is 0 Å². The molecule has 3 rings (SSSR count). The third-order valence-corrected chi connectivity index (χ3v) is 5.07. The molecule has 1 aromatic carbocycles. The molecule has 26 heavy (non-hydrogen) atoms. The minimum atomic E-state index is 0.153. The second kappa shape index (κ2) is 8.49. The van der Waals surface area contributed by atoms with Crippen LogP contribution in [0.4, 0.5) is 11.5 Å². The minimum Gasteiger partial charge on any atom is -0.356 e. The molecule has 0 unspecified atom stereocenters. The molecule has 2 aromatic rings. The Morgan fingerprint density at radius 3 is 2.42 bits per heavy atom. The summed E-state index contributed by atoms with van der Waals surface area (Å²) in [6.07, 6.45) is 3.16. The number of aromatic nitrogens is 1. The second-order valence-corrected chi connectivity index (χ2v) is 7.90. The lowest BCUT2D eigenvalue weighted by atomic mass is 9.92. The van der Waals surface area contributed by atoms with E-state index in [1.165, 1.54) is 12.0 Å². The molecule has 0 aliphatic carbocycles. The Morgan fingerprint density at radius 2 is 1.81 bits per heavy atom. The molecule has 1 fully saturated rings. The summed E-state index contributed by atoms with van der Waals surface area (Å²) >= 11 is 5.44. The van der Waals surface area contributed by atoms with Crippen molar-refractivity contribution >= 4 is 28.8 Å². The lowest BCUT2D eigenvalue weighted by Crippen LogP contribution is -2.39. The zero-order valence-corrected chi connectivity index (χ0v) is 16.6. The third-order valence-electron chi connectivity index (χ3n) is 4.85. The highest BCUT2D eigenvalue weighted by molar-refractivity contribution is 7.80. The predicted molar refractivity (Wildman–Crippen MR) is 114 cm³/mol. The molecule has 0 amide bonds. The smallest absolute Gasteiger partial charge is 0.171 e. The standard InChI is InChI=1S/C21H28N4S/c1-15-11-16(2)14-25(13-15)20-10-9-19(12-22-20)24-21(26)23-17(3)18-7-5-4-6-8-18/h4-10,12,15-17H,11,13-14H2,1-3H3,(H2,23,24,26)/t15-,16+,17-/m1/s1. The zero-order valence-electron chi connectivity index (χ0n) is 15.8. The van der Waals surface area contributed by atoms with E-state index in [1.54, 1.807) is 0 Å². The zero-order chi connectivity index (χ0) is 18.5. The van der Waals surface area contributed by atoms with E-state index in [4.69, 9.17) is 12.2 Å². The van der Waals surface area contributed by atoms with Crippen LogP contribution in [0.5, 0.6) is 0 Å². The molecular formula is C21H28N4S. The first-order chi connectivity index (χ1) is 12.5. The number of benzene rings is 1. The van der Waals surface area contributed by atoms with Gasteiger partial charge in [-0.15, -0.1) is 0 Å². The fourth-order valence-corrected chi connectivity index (χ4v) is 3.98. The van der Waals surface area contributed by atoms with Crippen LogP contribution in [0.15, 0.2) is 48.7 Å². The molecule has 1 aromatic heterocycles. The molecule has 0 saturated carbocycles. The molecular weight excluding hydrogens is 340 g/mol. The van der Waals surface area contributed by atoms with E-state index in [2.05, 4.69) is 59.5 Å². The monoisotopic (exact) mass is 368 g/mol. The summed E-state index contributed by atoms with van der Waals surface area (Å²) in [5.74, 6) is 2.48. The van der Waals surface area contributed by atoms with E-state index in [0.717, 1.165) is 36.4 Å². The Hall–Kier alpha value is -2.14. The van der Waals surface area contributed by atoms with Crippen LogP contribution in [0.2, 0.25) is 0 Å². The van der Waals surface area contributed by atoms with Gasteiger partial charge in [-0.2, -0.15) is 0 Å². The summed E-state index contributed by atoms with van der Waals surface area (Å²) < 4.78 is 0. The number of rotatable bonds is 4. The highest BCUT2D eigenvalue weighted by atomic mass is 32.1. The average molecular weight is 369 g/mol. The molecule has 3 atom stereocenters. The van der Waals surface area contributed by atoms with Crippen molar-refractivity contribution in [1.82, 2.24) is 10.3 Å². The van der Waals surface area contributed by atoms with Crippen LogP contribution in [-0.2, 0) is 0 Å². The summed E-state index contributed by atoms with van der Waals surface area (Å²) in [5, 5.41) is 7.15. The van der Waals surface area contributed by atoms with Gasteiger partial charge in [-0.3, -0.25) is 0 Å². The molecule has 0 bridgehead atoms. The molecule has 4 nitrogen and oxygen atoms in total. The third kappa shape index (κ3) is 4.94. The van der Waals surface area contributed by atoms with E-state index in [0.29, 0.717) is 5.11 Å². The number of pyridine rings is 1. The Balaban J connectivity index is 1.56. The normalized spacial score (nSPS) is 21.1. The van der Waals surface area contributed by atoms with Crippen LogP contribution in [0, 0.1) is 11.8 Å². The van der Waals surface area contributed by atoms with Crippen LogP contribution in [0.25, 0.3) is 0 Å². The lowest BCUT2D eigenvalue weighted by Gasteiger charge is -2.35. The van der Waals surface area contributed by atoms with Gasteiger partial charge in [0.15, 0.2) is 5.11 Å². The van der Waals surface area contributed by atoms with Gasteiger partial charge in [0.1, 0.15) is 5.82 Å². The topological polar surface area (TPSA) is 40.2 Å². The molecule has 2 heterocycles. The number of piperidine rings is 1. The van der Waals surface area contributed by atoms with Gasteiger partial charge in [0.05, 0.1) is 17.9 Å². The van der Waals surface area contributed by atoms with Gasteiger partial charge in [0.25, 0.3) is 0 Å². The van der Waals surface area contributed by atoms with Gasteiger partial charge >= 0.3 is 0 Å². The van der Waals surface area contributed by atoms with Crippen LogP contribution >= 0.6 is 12.2 Å². The Labute approximate surface area is 162 Å². The first-order valence-electron chi connectivity index (χ1n) is 9.34. The van der Waals surface area contributed by atoms with Crippen LogP contribution in [0.3, 0.4) is 0 Å². The molecule has 2 N–H and O–H groups in total. The molecule has 0 spiro atoms. The van der Waals surface area contributed by atoms with Gasteiger partial charge in [-0.25, -0.2) is 4.98 Å². The van der Waals surface area contributed by atoms with Crippen molar-refractivity contribution in [2.75, 3.05) is 23.3 Å². The van der Waals surface area contributed by atoms with E-state index in [-0.39, 0.29) is 6.04 Å². The van der Waals surface area contributed by atoms with Crippen molar-refractivity contribution in [2.24, 2.45) is 11.8 Å². The maximum absolute atomic E-state index is 5.44. The number of thiocarbonyl (C=S) groups is 1. The first kappa shape index (κ1) is 18.6. The quantitative estimate of drug-likeness (QED) is 0.771. The van der Waals surface area contributed by atoms with Crippen molar-refractivity contribution in [3.05, 3.63) is 54.2 Å². The molecule has 1 saturated heterocycles. The maximum Gasteiger partial charge on any atom is 0.171 e. The molecule has 0 radical (unpaired) electrons. The number of hydrogen-bond donors (Lipinski definition) is 2. The minimum absolute atomic E-state index is 0.153. The summed E-state index contributed by atoms with van der Waals surface area (Å²) in [4.78, 5) is 7.02. The van der Waals surface area contributed by atoms with E-state index in [1.807, 2.05) is 30.5 Å². The van der Waals surface area contributed by atoms with Crippen LogP contribution in [-0.4, -0.2) is 23.2 Å². The fraction of sp³-hybridized carbons (Fsp3) is 0.429. The van der Waals surface area contributed by atoms with Gasteiger partial charge in [-0.1, -0.05) is 44.2 Å². The van der Waals surface area contributed by atoms with Crippen molar-refractivity contribution in [2.45, 2.75) is 33.2 Å². The van der Waals surface area contributed by atoms with Gasteiger partial charge < -0.3 is 15.5 Å². The summed E-state index contributed by atoms with van der Waals surface area (Å²) in [5.41, 5.74) is 2.11. The predicted octanol–water partition coefficient (Wildman–Crippen LogP) is 4.61. The molecule has 138 valence electrons. The number of hydrogen-bond acceptors (Lipinski definition) is 3. The number of anilines is 2. The molecule has 1 aliphatic rings. The van der Waals surface area contributed by atoms with E-state index in [9.17, 15) is 0 Å². The maximum atomic E-state index is 5.44. The van der Waals surface area contributed by atoms with Crippen molar-refractivity contribution in [3.8, 4) is 0 Å². The van der Waals surface area contributed by atoms with Gasteiger partial charge in [0, 0.05) is 13.1 Å². The Bertz CT molecular complexity index is 707. The number of nitrogens with one attached hydrogen (secondary N) is 2. The molecule has 5 heteroatoms. The SMILES string of the molecule is C[C@@H]1C[C@H](C)CN(c2ccc(NC(=S)N[C@H](C)c3ccccc3)cn2)C1. The average Bonchev–Trinajstić information content (AvgIpc) is 2.62. The van der Waals surface area contributed by atoms with Crippen molar-refractivity contribution < 1.29 is 0 Å². The van der Waals surface area contributed by atoms with Crippen molar-refractivity contribution in [1.29, 1.82) is 0 Å². The summed E-state index contributed by atoms with van der Waals surface area (Å²) in [6.45, 7) is 8.90. The highest BCUT2D eigenvalue weighted by Gasteiger charge is 2.22. The Kier molecular flexibility index (Phi) is 6.09. The van der Waals surface area contributed by atoms with Crippen molar-refractivity contribution in [3.63, 3.8) is 0 Å². The van der Waals surface area contributed by atoms with Crippen LogP contribution < -0.4 is 15.5 Å². The second-order valence-electron chi connectivity index (χ2n) is 7.49. The number of nitrogens with zero attached hydrogens (tertiary/aromatic N) is 2. The van der Waals surface area contributed by atoms with Crippen LogP contribution in [0.1, 0.15) is 38.8 Å². The van der Waals surface area contributed by atoms with Gasteiger partial charge in [-0.05, 0) is 55.1 Å². The Morgan fingerprint density at radius 1 is 1.12 bits per heavy atom. The summed E-state index contributed by atoms with van der Waals surface area (Å²) in [6, 6.07) is 14.6. The lowest BCUT2D eigenvalue weighted by molar-refractivity contribution is 0.355.